The standard InChI is InChI=1S/C22H22N2O6/c25-19(23-17-8-4-13(5-9-17)21(27)28)15-2-1-3-16(12-15)20(26)24-18-10-6-14(7-11-18)22(29)30/h4-11,15-16H,1-3,12H2,(H,23,25)(H,24,26)(H,27,28)(H,29,30)/p-2. The van der Waals surface area contributed by atoms with Crippen LogP contribution >= 0.6 is 0 Å². The Bertz CT molecular complexity index is 875. The summed E-state index contributed by atoms with van der Waals surface area (Å²) in [6, 6.07) is 11.4. The molecule has 0 bridgehead atoms. The normalized spacial score (nSPS) is 18.3. The van der Waals surface area contributed by atoms with Crippen molar-refractivity contribution in [1.29, 1.82) is 0 Å². The monoisotopic (exact) mass is 408 g/mol. The maximum Gasteiger partial charge on any atom is 0.227 e. The van der Waals surface area contributed by atoms with Gasteiger partial charge in [-0.15, -0.1) is 0 Å². The van der Waals surface area contributed by atoms with Crippen LogP contribution in [0.2, 0.25) is 0 Å². The smallest absolute Gasteiger partial charge is 0.227 e. The molecule has 156 valence electrons. The first kappa shape index (κ1) is 21.0. The van der Waals surface area contributed by atoms with Gasteiger partial charge in [0.2, 0.25) is 11.8 Å². The molecule has 30 heavy (non-hydrogen) atoms. The molecule has 8 heteroatoms. The summed E-state index contributed by atoms with van der Waals surface area (Å²) in [5.41, 5.74) is 0.999. The van der Waals surface area contributed by atoms with Crippen molar-refractivity contribution >= 4 is 35.1 Å². The third-order valence-corrected chi connectivity index (χ3v) is 5.19. The molecule has 2 aromatic rings. The lowest BCUT2D eigenvalue weighted by atomic mass is 9.80. The first-order valence-corrected chi connectivity index (χ1v) is 9.58. The van der Waals surface area contributed by atoms with Gasteiger partial charge < -0.3 is 30.4 Å². The molecule has 1 aliphatic carbocycles. The highest BCUT2D eigenvalue weighted by atomic mass is 16.4. The molecule has 2 amide bonds. The van der Waals surface area contributed by atoms with E-state index in [2.05, 4.69) is 10.6 Å². The molecule has 0 aliphatic heterocycles. The van der Waals surface area contributed by atoms with Gasteiger partial charge in [0, 0.05) is 23.2 Å². The summed E-state index contributed by atoms with van der Waals surface area (Å²) in [5.74, 6) is -3.68. The fraction of sp³-hybridized carbons (Fsp3) is 0.273. The number of carbonyl (C=O) groups is 4. The highest BCUT2D eigenvalue weighted by molar-refractivity contribution is 5.96. The molecule has 0 radical (unpaired) electrons. The Labute approximate surface area is 172 Å². The van der Waals surface area contributed by atoms with Crippen molar-refractivity contribution in [2.24, 2.45) is 11.8 Å². The van der Waals surface area contributed by atoms with Gasteiger partial charge >= 0.3 is 0 Å². The van der Waals surface area contributed by atoms with Crippen molar-refractivity contribution < 1.29 is 29.4 Å². The van der Waals surface area contributed by atoms with Crippen molar-refractivity contribution in [2.45, 2.75) is 25.7 Å². The average molecular weight is 408 g/mol. The summed E-state index contributed by atoms with van der Waals surface area (Å²) in [7, 11) is 0. The minimum Gasteiger partial charge on any atom is -0.545 e. The minimum atomic E-state index is -1.29. The van der Waals surface area contributed by atoms with Crippen LogP contribution in [0.4, 0.5) is 11.4 Å². The maximum absolute atomic E-state index is 12.6. The zero-order valence-electron chi connectivity index (χ0n) is 16.1. The van der Waals surface area contributed by atoms with Crippen LogP contribution in [0.15, 0.2) is 48.5 Å². The number of carbonyl (C=O) groups excluding carboxylic acids is 4. The van der Waals surface area contributed by atoms with Crippen molar-refractivity contribution in [1.82, 2.24) is 0 Å². The zero-order chi connectivity index (χ0) is 21.7. The number of anilines is 2. The van der Waals surface area contributed by atoms with E-state index in [1.807, 2.05) is 0 Å². The second kappa shape index (κ2) is 9.21. The molecular weight excluding hydrogens is 388 g/mol. The molecule has 3 rings (SSSR count). The lowest BCUT2D eigenvalue weighted by Gasteiger charge is -2.27. The van der Waals surface area contributed by atoms with Crippen LogP contribution in [0.1, 0.15) is 46.4 Å². The van der Waals surface area contributed by atoms with Crippen LogP contribution < -0.4 is 20.8 Å². The molecule has 8 nitrogen and oxygen atoms in total. The third-order valence-electron chi connectivity index (χ3n) is 5.19. The molecule has 0 heterocycles. The van der Waals surface area contributed by atoms with Crippen LogP contribution in [-0.2, 0) is 9.59 Å². The highest BCUT2D eigenvalue weighted by Gasteiger charge is 2.31. The van der Waals surface area contributed by atoms with E-state index in [0.717, 1.165) is 6.42 Å². The van der Waals surface area contributed by atoms with Gasteiger partial charge in [-0.05, 0) is 54.7 Å². The van der Waals surface area contributed by atoms with Gasteiger partial charge in [-0.25, -0.2) is 0 Å². The maximum atomic E-state index is 12.6. The number of aromatic carboxylic acids is 2. The molecule has 0 saturated heterocycles. The molecule has 0 aromatic heterocycles. The van der Waals surface area contributed by atoms with Gasteiger partial charge in [0.25, 0.3) is 0 Å². The van der Waals surface area contributed by atoms with Crippen LogP contribution in [-0.4, -0.2) is 23.8 Å². The number of amides is 2. The quantitative estimate of drug-likeness (QED) is 0.725. The molecule has 1 saturated carbocycles. The Balaban J connectivity index is 1.57. The van der Waals surface area contributed by atoms with Gasteiger partial charge in [0.1, 0.15) is 0 Å². The third kappa shape index (κ3) is 5.22. The van der Waals surface area contributed by atoms with E-state index in [1.165, 1.54) is 48.5 Å². The predicted octanol–water partition coefficient (Wildman–Crippen LogP) is 0.797. The lowest BCUT2D eigenvalue weighted by Crippen LogP contribution is -2.33. The molecular formula is C22H20N2O6-2. The van der Waals surface area contributed by atoms with Crippen LogP contribution in [0.5, 0.6) is 0 Å². The number of nitrogens with one attached hydrogen (secondary N) is 2. The molecule has 0 spiro atoms. The van der Waals surface area contributed by atoms with E-state index in [1.54, 1.807) is 0 Å². The fourth-order valence-corrected chi connectivity index (χ4v) is 3.53. The van der Waals surface area contributed by atoms with Gasteiger partial charge in [-0.2, -0.15) is 0 Å². The van der Waals surface area contributed by atoms with E-state index in [0.29, 0.717) is 30.6 Å². The summed E-state index contributed by atoms with van der Waals surface area (Å²) in [6.07, 6.45) is 2.44. The largest absolute Gasteiger partial charge is 0.545 e. The van der Waals surface area contributed by atoms with Gasteiger partial charge in [-0.3, -0.25) is 9.59 Å². The molecule has 2 atom stereocenters. The fourth-order valence-electron chi connectivity index (χ4n) is 3.53. The Morgan fingerprint density at radius 1 is 0.667 bits per heavy atom. The Morgan fingerprint density at radius 2 is 1.03 bits per heavy atom. The van der Waals surface area contributed by atoms with E-state index in [9.17, 15) is 29.4 Å². The summed E-state index contributed by atoms with van der Waals surface area (Å²) in [4.78, 5) is 46.8. The van der Waals surface area contributed by atoms with E-state index in [4.69, 9.17) is 0 Å². The number of rotatable bonds is 6. The molecule has 2 unspecified atom stereocenters. The first-order chi connectivity index (χ1) is 14.3. The first-order valence-electron chi connectivity index (χ1n) is 9.58. The zero-order valence-corrected chi connectivity index (χ0v) is 16.1. The molecule has 1 aliphatic rings. The number of hydrogen-bond acceptors (Lipinski definition) is 6. The second-order valence-corrected chi connectivity index (χ2v) is 7.27. The summed E-state index contributed by atoms with van der Waals surface area (Å²) in [5, 5.41) is 27.1. The van der Waals surface area contributed by atoms with Crippen molar-refractivity contribution in [3.63, 3.8) is 0 Å². The lowest BCUT2D eigenvalue weighted by molar-refractivity contribution is -0.256. The summed E-state index contributed by atoms with van der Waals surface area (Å²) in [6.45, 7) is 0. The van der Waals surface area contributed by atoms with Gasteiger partial charge in [0.05, 0.1) is 11.9 Å². The highest BCUT2D eigenvalue weighted by Crippen LogP contribution is 2.31. The topological polar surface area (TPSA) is 138 Å². The number of benzene rings is 2. The molecule has 1 fully saturated rings. The van der Waals surface area contributed by atoms with Gasteiger partial charge in [0.15, 0.2) is 0 Å². The second-order valence-electron chi connectivity index (χ2n) is 7.27. The predicted molar refractivity (Wildman–Crippen MR) is 104 cm³/mol. The summed E-state index contributed by atoms with van der Waals surface area (Å²) >= 11 is 0. The van der Waals surface area contributed by atoms with Crippen LogP contribution in [0.3, 0.4) is 0 Å². The van der Waals surface area contributed by atoms with E-state index >= 15 is 0 Å². The Hall–Kier alpha value is -3.68. The van der Waals surface area contributed by atoms with Crippen molar-refractivity contribution in [3.05, 3.63) is 59.7 Å². The molecule has 2 N–H and O–H groups in total. The van der Waals surface area contributed by atoms with E-state index < -0.39 is 11.9 Å². The molecule has 2 aromatic carbocycles. The van der Waals surface area contributed by atoms with Gasteiger partial charge in [-0.1, -0.05) is 30.7 Å². The Morgan fingerprint density at radius 3 is 1.37 bits per heavy atom. The number of hydrogen-bond donors (Lipinski definition) is 2. The van der Waals surface area contributed by atoms with Crippen molar-refractivity contribution in [3.8, 4) is 0 Å². The van der Waals surface area contributed by atoms with E-state index in [-0.39, 0.29) is 34.8 Å². The van der Waals surface area contributed by atoms with Crippen molar-refractivity contribution in [2.75, 3.05) is 10.6 Å². The van der Waals surface area contributed by atoms with Crippen LogP contribution in [0, 0.1) is 11.8 Å². The Kier molecular flexibility index (Phi) is 6.46. The van der Waals surface area contributed by atoms with Crippen LogP contribution in [0.25, 0.3) is 0 Å². The summed E-state index contributed by atoms with van der Waals surface area (Å²) < 4.78 is 0. The SMILES string of the molecule is O=C([O-])c1ccc(NC(=O)C2CCCC(C(=O)Nc3ccc(C(=O)[O-])cc3)C2)cc1. The number of carboxylic acids is 2. The average Bonchev–Trinajstić information content (AvgIpc) is 2.74. The minimum absolute atomic E-state index is 0.0232. The number of carboxylic acid groups (broad SMARTS) is 2.